The van der Waals surface area contributed by atoms with Crippen LogP contribution in [0.4, 0.5) is 0 Å². The Bertz CT molecular complexity index is 460. The van der Waals surface area contributed by atoms with E-state index in [-0.39, 0.29) is 11.1 Å². The zero-order chi connectivity index (χ0) is 10.1. The molecule has 1 unspecified atom stereocenters. The summed E-state index contributed by atoms with van der Waals surface area (Å²) in [6.07, 6.45) is 2.31. The maximum absolute atomic E-state index is 11.6. The molecular formula is C9H9N3OS. The second kappa shape index (κ2) is 3.46. The number of hydrogen-bond acceptors (Lipinski definition) is 4. The second-order valence-corrected chi connectivity index (χ2v) is 4.65. The van der Waals surface area contributed by atoms with Crippen molar-refractivity contribution in [3.63, 3.8) is 0 Å². The third-order valence-electron chi connectivity index (χ3n) is 2.20. The summed E-state index contributed by atoms with van der Waals surface area (Å²) in [7, 11) is 0. The maximum atomic E-state index is 11.6. The van der Waals surface area contributed by atoms with Gasteiger partial charge in [0.05, 0.1) is 6.20 Å². The van der Waals surface area contributed by atoms with E-state index in [0.717, 1.165) is 11.6 Å². The lowest BCUT2D eigenvalue weighted by Crippen LogP contribution is -2.29. The highest BCUT2D eigenvalue weighted by Crippen LogP contribution is 2.27. The quantitative estimate of drug-likeness (QED) is 0.595. The summed E-state index contributed by atoms with van der Waals surface area (Å²) in [6.45, 7) is 2.78. The van der Waals surface area contributed by atoms with Gasteiger partial charge in [-0.3, -0.25) is 9.36 Å². The topological polar surface area (TPSA) is 58.7 Å². The Labute approximate surface area is 85.6 Å². The minimum absolute atomic E-state index is 0.129. The monoisotopic (exact) mass is 207 g/mol. The summed E-state index contributed by atoms with van der Waals surface area (Å²) in [5.41, 5.74) is -0.0826. The van der Waals surface area contributed by atoms with Crippen molar-refractivity contribution in [1.82, 2.24) is 9.55 Å². The Balaban J connectivity index is 2.56. The summed E-state index contributed by atoms with van der Waals surface area (Å²) in [4.78, 5) is 15.7. The van der Waals surface area contributed by atoms with Crippen LogP contribution in [0, 0.1) is 11.3 Å². The van der Waals surface area contributed by atoms with Gasteiger partial charge in [-0.15, -0.1) is 0 Å². The van der Waals surface area contributed by atoms with Crippen molar-refractivity contribution < 1.29 is 0 Å². The van der Waals surface area contributed by atoms with Gasteiger partial charge in [0.15, 0.2) is 5.16 Å². The average Bonchev–Trinajstić information content (AvgIpc) is 2.18. The number of aromatic nitrogens is 2. The first-order valence-corrected chi connectivity index (χ1v) is 5.27. The number of nitriles is 1. The van der Waals surface area contributed by atoms with Gasteiger partial charge in [0.2, 0.25) is 0 Å². The Kier molecular flexibility index (Phi) is 2.30. The molecular weight excluding hydrogens is 198 g/mol. The Hall–Kier alpha value is -1.28. The van der Waals surface area contributed by atoms with Crippen LogP contribution in [-0.2, 0) is 6.54 Å². The van der Waals surface area contributed by atoms with Crippen molar-refractivity contribution >= 4 is 11.8 Å². The summed E-state index contributed by atoms with van der Waals surface area (Å²) < 4.78 is 1.59. The molecule has 0 aliphatic carbocycles. The molecule has 0 saturated heterocycles. The van der Waals surface area contributed by atoms with Crippen molar-refractivity contribution in [3.8, 4) is 6.07 Å². The first-order valence-electron chi connectivity index (χ1n) is 4.39. The first-order chi connectivity index (χ1) is 6.72. The van der Waals surface area contributed by atoms with Crippen LogP contribution in [0.3, 0.4) is 0 Å². The zero-order valence-corrected chi connectivity index (χ0v) is 8.54. The van der Waals surface area contributed by atoms with Gasteiger partial charge < -0.3 is 0 Å². The van der Waals surface area contributed by atoms with Gasteiger partial charge in [-0.2, -0.15) is 5.26 Å². The third-order valence-corrected chi connectivity index (χ3v) is 3.37. The van der Waals surface area contributed by atoms with Gasteiger partial charge in [0.1, 0.15) is 11.6 Å². The largest absolute Gasteiger partial charge is 0.286 e. The minimum Gasteiger partial charge on any atom is -0.286 e. The molecule has 0 bridgehead atoms. The van der Waals surface area contributed by atoms with E-state index in [1.165, 1.54) is 6.20 Å². The Morgan fingerprint density at radius 1 is 1.79 bits per heavy atom. The number of thioether (sulfide) groups is 1. The number of fused-ring (bicyclic) bond motifs is 1. The Morgan fingerprint density at radius 2 is 2.57 bits per heavy atom. The molecule has 1 aromatic heterocycles. The lowest BCUT2D eigenvalue weighted by atomic mass is 10.3. The fourth-order valence-electron chi connectivity index (χ4n) is 1.39. The van der Waals surface area contributed by atoms with Gasteiger partial charge in [-0.05, 0) is 6.42 Å². The minimum atomic E-state index is -0.211. The van der Waals surface area contributed by atoms with E-state index in [1.54, 1.807) is 16.3 Å². The fourth-order valence-corrected chi connectivity index (χ4v) is 2.39. The fraction of sp³-hybridized carbons (Fsp3) is 0.444. The van der Waals surface area contributed by atoms with E-state index in [1.807, 2.05) is 6.07 Å². The molecule has 5 heteroatoms. The third kappa shape index (κ3) is 1.42. The van der Waals surface area contributed by atoms with Crippen molar-refractivity contribution in [3.05, 3.63) is 22.1 Å². The summed E-state index contributed by atoms with van der Waals surface area (Å²) in [6, 6.07) is 1.85. The summed E-state index contributed by atoms with van der Waals surface area (Å²) >= 11 is 1.59. The molecule has 0 amide bonds. The molecule has 0 N–H and O–H groups in total. The van der Waals surface area contributed by atoms with Gasteiger partial charge in [-0.1, -0.05) is 18.7 Å². The van der Waals surface area contributed by atoms with Crippen LogP contribution in [0.5, 0.6) is 0 Å². The summed E-state index contributed by atoms with van der Waals surface area (Å²) in [5.74, 6) is 0. The highest BCUT2D eigenvalue weighted by Gasteiger charge is 2.18. The molecule has 0 radical (unpaired) electrons. The zero-order valence-electron chi connectivity index (χ0n) is 7.73. The average molecular weight is 207 g/mol. The number of nitrogens with zero attached hydrogens (tertiary/aromatic N) is 3. The van der Waals surface area contributed by atoms with Crippen molar-refractivity contribution in [2.24, 2.45) is 0 Å². The molecule has 1 atom stereocenters. The van der Waals surface area contributed by atoms with Crippen LogP contribution in [0.1, 0.15) is 18.9 Å². The molecule has 0 spiro atoms. The van der Waals surface area contributed by atoms with Crippen molar-refractivity contribution in [2.75, 3.05) is 0 Å². The van der Waals surface area contributed by atoms with E-state index in [9.17, 15) is 4.79 Å². The Morgan fingerprint density at radius 3 is 3.29 bits per heavy atom. The van der Waals surface area contributed by atoms with E-state index in [4.69, 9.17) is 5.26 Å². The van der Waals surface area contributed by atoms with Gasteiger partial charge >= 0.3 is 0 Å². The standard InChI is InChI=1S/C9H9N3OS/c1-6-2-3-12-8(13)7(4-10)5-11-9(12)14-6/h5-6H,2-3H2,1H3. The molecule has 1 aliphatic rings. The molecule has 72 valence electrons. The molecule has 1 aromatic rings. The highest BCUT2D eigenvalue weighted by molar-refractivity contribution is 7.99. The molecule has 14 heavy (non-hydrogen) atoms. The summed E-state index contributed by atoms with van der Waals surface area (Å²) in [5, 5.41) is 9.89. The lowest BCUT2D eigenvalue weighted by molar-refractivity contribution is 0.532. The van der Waals surface area contributed by atoms with E-state index in [0.29, 0.717) is 11.8 Å². The molecule has 2 heterocycles. The molecule has 2 rings (SSSR count). The molecule has 0 aromatic carbocycles. The predicted molar refractivity (Wildman–Crippen MR) is 53.1 cm³/mol. The van der Waals surface area contributed by atoms with E-state index in [2.05, 4.69) is 11.9 Å². The number of rotatable bonds is 0. The van der Waals surface area contributed by atoms with Crippen LogP contribution in [0.2, 0.25) is 0 Å². The molecule has 4 nitrogen and oxygen atoms in total. The van der Waals surface area contributed by atoms with Gasteiger partial charge in [0.25, 0.3) is 5.56 Å². The van der Waals surface area contributed by atoms with E-state index < -0.39 is 0 Å². The van der Waals surface area contributed by atoms with Gasteiger partial charge in [0, 0.05) is 11.8 Å². The smallest absolute Gasteiger partial charge is 0.272 e. The predicted octanol–water partition coefficient (Wildman–Crippen LogP) is 0.999. The highest BCUT2D eigenvalue weighted by atomic mass is 32.2. The van der Waals surface area contributed by atoms with Crippen LogP contribution in [-0.4, -0.2) is 14.8 Å². The van der Waals surface area contributed by atoms with Crippen LogP contribution >= 0.6 is 11.8 Å². The van der Waals surface area contributed by atoms with Crippen molar-refractivity contribution in [2.45, 2.75) is 30.3 Å². The van der Waals surface area contributed by atoms with E-state index >= 15 is 0 Å². The maximum Gasteiger partial charge on any atom is 0.272 e. The van der Waals surface area contributed by atoms with Crippen LogP contribution < -0.4 is 5.56 Å². The van der Waals surface area contributed by atoms with Crippen LogP contribution in [0.25, 0.3) is 0 Å². The lowest BCUT2D eigenvalue weighted by Gasteiger charge is -2.20. The first kappa shape index (κ1) is 9.28. The number of hydrogen-bond donors (Lipinski definition) is 0. The van der Waals surface area contributed by atoms with Gasteiger partial charge in [-0.25, -0.2) is 4.98 Å². The SMILES string of the molecule is CC1CCn2c(ncc(C#N)c2=O)S1. The molecule has 0 fully saturated rings. The normalized spacial score (nSPS) is 19.9. The molecule has 0 saturated carbocycles. The second-order valence-electron chi connectivity index (χ2n) is 3.24. The van der Waals surface area contributed by atoms with Crippen LogP contribution in [0.15, 0.2) is 16.1 Å². The van der Waals surface area contributed by atoms with Crippen molar-refractivity contribution in [1.29, 1.82) is 5.26 Å². The molecule has 1 aliphatic heterocycles.